The number of benzene rings is 2. The van der Waals surface area contributed by atoms with E-state index in [0.29, 0.717) is 46.2 Å². The zero-order valence-corrected chi connectivity index (χ0v) is 15.7. The van der Waals surface area contributed by atoms with E-state index in [0.717, 1.165) is 0 Å². The van der Waals surface area contributed by atoms with E-state index in [4.69, 9.17) is 4.42 Å². The molecule has 0 spiro atoms. The van der Waals surface area contributed by atoms with Crippen molar-refractivity contribution in [2.24, 2.45) is 5.92 Å². The van der Waals surface area contributed by atoms with Gasteiger partial charge in [-0.2, -0.15) is 0 Å². The van der Waals surface area contributed by atoms with Crippen molar-refractivity contribution in [1.29, 1.82) is 0 Å². The van der Waals surface area contributed by atoms with Crippen LogP contribution >= 0.6 is 15.9 Å². The second-order valence-electron chi connectivity index (χ2n) is 6.35. The molecule has 4 rings (SSSR count). The minimum Gasteiger partial charge on any atom is -0.436 e. The molecule has 1 aliphatic heterocycles. The zero-order valence-electron chi connectivity index (χ0n) is 14.1. The summed E-state index contributed by atoms with van der Waals surface area (Å²) in [5, 5.41) is 5.54. The van der Waals surface area contributed by atoms with E-state index in [1.54, 1.807) is 24.3 Å². The van der Waals surface area contributed by atoms with Gasteiger partial charge in [-0.15, -0.1) is 0 Å². The lowest BCUT2D eigenvalue weighted by Crippen LogP contribution is -2.40. The summed E-state index contributed by atoms with van der Waals surface area (Å²) < 4.78 is 19.9. The van der Waals surface area contributed by atoms with Gasteiger partial charge >= 0.3 is 0 Å². The summed E-state index contributed by atoms with van der Waals surface area (Å²) in [4.78, 5) is 28.0. The average Bonchev–Trinajstić information content (AvgIpc) is 3.07. The van der Waals surface area contributed by atoms with Gasteiger partial charge < -0.3 is 15.1 Å². The monoisotopic (exact) mass is 431 g/mol. The van der Waals surface area contributed by atoms with Crippen LogP contribution in [0.5, 0.6) is 0 Å². The van der Waals surface area contributed by atoms with Crippen LogP contribution in [-0.2, 0) is 9.59 Å². The number of halogens is 2. The third-order valence-corrected chi connectivity index (χ3v) is 5.14. The van der Waals surface area contributed by atoms with E-state index in [9.17, 15) is 14.0 Å². The summed E-state index contributed by atoms with van der Waals surface area (Å²) in [5.74, 6) is -0.530. The Morgan fingerprint density at radius 2 is 2.15 bits per heavy atom. The highest BCUT2D eigenvalue weighted by Crippen LogP contribution is 2.31. The summed E-state index contributed by atoms with van der Waals surface area (Å²) in [5.41, 5.74) is 2.18. The fourth-order valence-corrected chi connectivity index (χ4v) is 3.40. The fourth-order valence-electron chi connectivity index (χ4n) is 2.98. The van der Waals surface area contributed by atoms with Crippen molar-refractivity contribution < 1.29 is 18.4 Å². The summed E-state index contributed by atoms with van der Waals surface area (Å²) in [6.07, 6.45) is 0.883. The normalized spacial score (nSPS) is 17.0. The maximum Gasteiger partial charge on any atom is 0.229 e. The van der Waals surface area contributed by atoms with Gasteiger partial charge in [-0.3, -0.25) is 9.59 Å². The third-order valence-electron chi connectivity index (χ3n) is 4.45. The number of piperidine rings is 1. The van der Waals surface area contributed by atoms with Crippen LogP contribution in [-0.4, -0.2) is 23.3 Å². The number of carbonyl (C=O) groups is 2. The van der Waals surface area contributed by atoms with Gasteiger partial charge in [0.2, 0.25) is 17.7 Å². The maximum absolute atomic E-state index is 13.5. The smallest absolute Gasteiger partial charge is 0.229 e. The van der Waals surface area contributed by atoms with Crippen LogP contribution in [0.15, 0.2) is 45.3 Å². The molecule has 27 heavy (non-hydrogen) atoms. The van der Waals surface area contributed by atoms with E-state index < -0.39 is 0 Å². The molecular weight excluding hydrogens is 417 g/mol. The summed E-state index contributed by atoms with van der Waals surface area (Å²) in [6.45, 7) is 0.342. The van der Waals surface area contributed by atoms with Gasteiger partial charge in [-0.1, -0.05) is 0 Å². The number of anilines is 1. The summed E-state index contributed by atoms with van der Waals surface area (Å²) >= 11 is 3.37. The van der Waals surface area contributed by atoms with Gasteiger partial charge in [0.05, 0.1) is 11.5 Å². The number of amides is 2. The fraction of sp³-hybridized carbons (Fsp3) is 0.211. The number of oxazole rings is 1. The number of nitrogens with one attached hydrogen (secondary N) is 2. The second kappa shape index (κ2) is 7.11. The maximum atomic E-state index is 13.5. The SMILES string of the molecule is O=C1CC[C@H](C(=O)Nc2ccc3oc(-c4cc(F)ccc4Br)nc3c2)CN1. The molecule has 1 aliphatic rings. The lowest BCUT2D eigenvalue weighted by molar-refractivity contribution is -0.126. The van der Waals surface area contributed by atoms with E-state index in [1.165, 1.54) is 12.1 Å². The van der Waals surface area contributed by atoms with Crippen LogP contribution in [0.2, 0.25) is 0 Å². The molecule has 2 N–H and O–H groups in total. The molecule has 0 bridgehead atoms. The van der Waals surface area contributed by atoms with Crippen LogP contribution in [0.25, 0.3) is 22.6 Å². The van der Waals surface area contributed by atoms with Crippen LogP contribution < -0.4 is 10.6 Å². The lowest BCUT2D eigenvalue weighted by atomic mass is 9.98. The van der Waals surface area contributed by atoms with Crippen LogP contribution in [0.4, 0.5) is 10.1 Å². The van der Waals surface area contributed by atoms with Crippen molar-refractivity contribution in [3.8, 4) is 11.5 Å². The second-order valence-corrected chi connectivity index (χ2v) is 7.21. The van der Waals surface area contributed by atoms with E-state index in [-0.39, 0.29) is 29.4 Å². The molecule has 8 heteroatoms. The zero-order chi connectivity index (χ0) is 19.0. The Hall–Kier alpha value is -2.74. The first-order valence-electron chi connectivity index (χ1n) is 8.43. The molecule has 1 fully saturated rings. The molecule has 6 nitrogen and oxygen atoms in total. The van der Waals surface area contributed by atoms with Crippen molar-refractivity contribution >= 4 is 44.5 Å². The van der Waals surface area contributed by atoms with Gasteiger partial charge in [0.1, 0.15) is 11.3 Å². The number of hydrogen-bond donors (Lipinski definition) is 2. The first-order valence-corrected chi connectivity index (χ1v) is 9.22. The molecule has 2 aromatic carbocycles. The highest BCUT2D eigenvalue weighted by atomic mass is 79.9. The Morgan fingerprint density at radius 1 is 1.30 bits per heavy atom. The van der Waals surface area contributed by atoms with Gasteiger partial charge in [0.15, 0.2) is 5.58 Å². The topological polar surface area (TPSA) is 84.2 Å². The van der Waals surface area contributed by atoms with Crippen molar-refractivity contribution in [2.75, 3.05) is 11.9 Å². The Kier molecular flexibility index (Phi) is 4.65. The third kappa shape index (κ3) is 3.71. The van der Waals surface area contributed by atoms with Crippen molar-refractivity contribution in [3.05, 3.63) is 46.7 Å². The molecular formula is C19H15BrFN3O3. The molecule has 2 heterocycles. The van der Waals surface area contributed by atoms with Gasteiger partial charge in [-0.05, 0) is 58.7 Å². The highest BCUT2D eigenvalue weighted by molar-refractivity contribution is 9.10. The minimum absolute atomic E-state index is 0.0286. The van der Waals surface area contributed by atoms with Crippen molar-refractivity contribution in [2.45, 2.75) is 12.8 Å². The molecule has 0 unspecified atom stereocenters. The summed E-state index contributed by atoms with van der Waals surface area (Å²) in [6, 6.07) is 9.41. The molecule has 0 aliphatic carbocycles. The summed E-state index contributed by atoms with van der Waals surface area (Å²) in [7, 11) is 0. The highest BCUT2D eigenvalue weighted by Gasteiger charge is 2.24. The molecule has 0 radical (unpaired) electrons. The molecule has 3 aromatic rings. The largest absolute Gasteiger partial charge is 0.436 e. The standard InChI is InChI=1S/C19H15BrFN3O3/c20-14-4-2-11(21)7-13(14)19-24-15-8-12(3-5-16(15)27-19)23-18(26)10-1-6-17(25)22-9-10/h2-5,7-8,10H,1,6,9H2,(H,22,25)(H,23,26)/t10-/m0/s1. The van der Waals surface area contributed by atoms with Crippen molar-refractivity contribution in [1.82, 2.24) is 10.3 Å². The van der Waals surface area contributed by atoms with E-state index in [2.05, 4.69) is 31.5 Å². The van der Waals surface area contributed by atoms with E-state index >= 15 is 0 Å². The minimum atomic E-state index is -0.386. The van der Waals surface area contributed by atoms with Crippen molar-refractivity contribution in [3.63, 3.8) is 0 Å². The lowest BCUT2D eigenvalue weighted by Gasteiger charge is -2.21. The molecule has 1 saturated heterocycles. The number of fused-ring (bicyclic) bond motifs is 1. The molecule has 1 aromatic heterocycles. The average molecular weight is 432 g/mol. The Bertz CT molecular complexity index is 1040. The molecule has 2 amide bonds. The first-order chi connectivity index (χ1) is 13.0. The van der Waals surface area contributed by atoms with Gasteiger partial charge in [0.25, 0.3) is 0 Å². The Morgan fingerprint density at radius 3 is 2.93 bits per heavy atom. The predicted molar refractivity (Wildman–Crippen MR) is 101 cm³/mol. The first kappa shape index (κ1) is 17.7. The predicted octanol–water partition coefficient (Wildman–Crippen LogP) is 3.86. The quantitative estimate of drug-likeness (QED) is 0.659. The Balaban J connectivity index is 1.57. The molecule has 1 atom stereocenters. The Labute approximate surface area is 162 Å². The van der Waals surface area contributed by atoms with Gasteiger partial charge in [-0.25, -0.2) is 9.37 Å². The van der Waals surface area contributed by atoms with Crippen LogP contribution in [0.3, 0.4) is 0 Å². The number of hydrogen-bond acceptors (Lipinski definition) is 4. The molecule has 0 saturated carbocycles. The number of rotatable bonds is 3. The van der Waals surface area contributed by atoms with Crippen LogP contribution in [0, 0.1) is 11.7 Å². The van der Waals surface area contributed by atoms with Crippen LogP contribution in [0.1, 0.15) is 12.8 Å². The van der Waals surface area contributed by atoms with E-state index in [1.807, 2.05) is 0 Å². The molecule has 138 valence electrons. The number of carbonyl (C=O) groups excluding carboxylic acids is 2. The van der Waals surface area contributed by atoms with Gasteiger partial charge in [0, 0.05) is 23.1 Å². The number of nitrogens with zero attached hydrogens (tertiary/aromatic N) is 1. The number of aromatic nitrogens is 1.